The van der Waals surface area contributed by atoms with E-state index in [1.807, 2.05) is 0 Å². The van der Waals surface area contributed by atoms with Crippen LogP contribution in [0.2, 0.25) is 0 Å². The molecule has 0 radical (unpaired) electrons. The van der Waals surface area contributed by atoms with Gasteiger partial charge in [-0.3, -0.25) is 10.2 Å². The molecule has 0 heterocycles. The van der Waals surface area contributed by atoms with Gasteiger partial charge < -0.3 is 9.83 Å². The van der Waals surface area contributed by atoms with Crippen molar-refractivity contribution in [1.82, 2.24) is 4.81 Å². The van der Waals surface area contributed by atoms with E-state index < -0.39 is 30.7 Å². The Labute approximate surface area is 105 Å². The minimum atomic E-state index is -3.07. The molecule has 0 aromatic rings. The lowest BCUT2D eigenvalue weighted by atomic mass is 9.71. The van der Waals surface area contributed by atoms with E-state index in [1.54, 1.807) is 6.92 Å². The molecular formula is C11H15BF2N2O2. The average Bonchev–Trinajstić information content (AvgIpc) is 2.34. The number of allylic oxidation sites excluding steroid dienone is 3. The van der Waals surface area contributed by atoms with Crippen molar-refractivity contribution < 1.29 is 18.6 Å². The predicted molar refractivity (Wildman–Crippen MR) is 67.6 cm³/mol. The summed E-state index contributed by atoms with van der Waals surface area (Å²) in [6.45, 7) is 8.12. The van der Waals surface area contributed by atoms with Gasteiger partial charge in [-0.1, -0.05) is 30.8 Å². The third-order valence-electron chi connectivity index (χ3n) is 2.28. The van der Waals surface area contributed by atoms with E-state index in [4.69, 9.17) is 5.41 Å². The van der Waals surface area contributed by atoms with Crippen LogP contribution in [0, 0.1) is 5.41 Å². The van der Waals surface area contributed by atoms with Crippen molar-refractivity contribution >= 4 is 18.7 Å². The zero-order chi connectivity index (χ0) is 14.5. The third kappa shape index (κ3) is 3.92. The highest BCUT2D eigenvalue weighted by atomic mass is 19.3. The van der Waals surface area contributed by atoms with Crippen LogP contribution < -0.4 is 0 Å². The number of hydrogen-bond donors (Lipinski definition) is 2. The van der Waals surface area contributed by atoms with Gasteiger partial charge in [0.25, 0.3) is 6.43 Å². The maximum atomic E-state index is 12.2. The molecule has 7 heteroatoms. The molecular weight excluding hydrogens is 241 g/mol. The van der Waals surface area contributed by atoms with Gasteiger partial charge in [0, 0.05) is 0 Å². The first kappa shape index (κ1) is 16.2. The Hall–Kier alpha value is -1.76. The summed E-state index contributed by atoms with van der Waals surface area (Å²) in [5.74, 6) is -0.926. The summed E-state index contributed by atoms with van der Waals surface area (Å²) >= 11 is 0. The lowest BCUT2D eigenvalue weighted by Crippen LogP contribution is -2.44. The highest BCUT2D eigenvalue weighted by Crippen LogP contribution is 2.10. The Bertz CT molecular complexity index is 408. The van der Waals surface area contributed by atoms with Gasteiger partial charge in [-0.2, -0.15) is 0 Å². The molecule has 1 amide bonds. The van der Waals surface area contributed by atoms with E-state index >= 15 is 0 Å². The fourth-order valence-corrected chi connectivity index (χ4v) is 1.15. The summed E-state index contributed by atoms with van der Waals surface area (Å²) in [6.07, 6.45) is -0.167. The smallest absolute Gasteiger partial charge is 0.429 e. The largest absolute Gasteiger partial charge is 0.447 e. The topological polar surface area (TPSA) is 64.4 Å². The van der Waals surface area contributed by atoms with E-state index in [2.05, 4.69) is 13.2 Å². The number of carbonyl (C=O) groups is 1. The first-order chi connectivity index (χ1) is 8.23. The van der Waals surface area contributed by atoms with Crippen LogP contribution in [-0.4, -0.2) is 42.0 Å². The quantitative estimate of drug-likeness (QED) is 0.327. The number of halogens is 2. The first-order valence-electron chi connectivity index (χ1n) is 5.04. The Morgan fingerprint density at radius 1 is 1.56 bits per heavy atom. The zero-order valence-electron chi connectivity index (χ0n) is 10.3. The first-order valence-corrected chi connectivity index (χ1v) is 5.04. The van der Waals surface area contributed by atoms with Crippen LogP contribution in [0.4, 0.5) is 8.78 Å². The van der Waals surface area contributed by atoms with Gasteiger partial charge >= 0.3 is 7.05 Å². The van der Waals surface area contributed by atoms with Crippen LogP contribution >= 0.6 is 0 Å². The number of amides is 1. The van der Waals surface area contributed by atoms with Crippen molar-refractivity contribution in [3.05, 3.63) is 36.4 Å². The van der Waals surface area contributed by atoms with Crippen molar-refractivity contribution in [3.8, 4) is 0 Å². The van der Waals surface area contributed by atoms with Crippen LogP contribution in [0.1, 0.15) is 6.92 Å². The van der Waals surface area contributed by atoms with E-state index in [1.165, 1.54) is 19.2 Å². The summed E-state index contributed by atoms with van der Waals surface area (Å²) in [4.78, 5) is 12.5. The Morgan fingerprint density at radius 3 is 2.44 bits per heavy atom. The fraction of sp³-hybridized carbons (Fsp3) is 0.273. The zero-order valence-corrected chi connectivity index (χ0v) is 10.3. The molecule has 0 atom stereocenters. The fourth-order valence-electron chi connectivity index (χ4n) is 1.15. The summed E-state index contributed by atoms with van der Waals surface area (Å²) in [6, 6.07) is 0. The van der Waals surface area contributed by atoms with Gasteiger partial charge in [0.05, 0.1) is 5.57 Å². The van der Waals surface area contributed by atoms with Crippen molar-refractivity contribution in [3.63, 3.8) is 0 Å². The van der Waals surface area contributed by atoms with Crippen LogP contribution in [0.25, 0.3) is 0 Å². The molecule has 0 fully saturated rings. The number of carbonyl (C=O) groups excluding carboxylic acids is 1. The maximum Gasteiger partial charge on any atom is 0.447 e. The molecule has 0 aliphatic rings. The van der Waals surface area contributed by atoms with E-state index in [9.17, 15) is 18.6 Å². The highest BCUT2D eigenvalue weighted by molar-refractivity contribution is 6.59. The molecule has 0 aromatic carbocycles. The summed E-state index contributed by atoms with van der Waals surface area (Å²) in [7, 11) is -0.0464. The molecule has 0 saturated carbocycles. The SMILES string of the molecule is C=C/C=C(\C)B(O)N(C)C(=O)C(=C)C(=N)C(F)F. The number of alkyl halides is 2. The van der Waals surface area contributed by atoms with E-state index in [0.29, 0.717) is 5.47 Å². The van der Waals surface area contributed by atoms with Gasteiger partial charge in [-0.25, -0.2) is 8.78 Å². The molecule has 0 saturated heterocycles. The molecule has 4 nitrogen and oxygen atoms in total. The van der Waals surface area contributed by atoms with Crippen molar-refractivity contribution in [2.75, 3.05) is 7.05 Å². The summed E-state index contributed by atoms with van der Waals surface area (Å²) in [5.41, 5.74) is -1.38. The van der Waals surface area contributed by atoms with Gasteiger partial charge in [0.2, 0.25) is 5.91 Å². The second-order valence-electron chi connectivity index (χ2n) is 3.63. The number of rotatable bonds is 6. The monoisotopic (exact) mass is 256 g/mol. The van der Waals surface area contributed by atoms with E-state index in [0.717, 1.165) is 4.81 Å². The molecule has 0 aliphatic carbocycles. The third-order valence-corrected chi connectivity index (χ3v) is 2.28. The molecule has 0 spiro atoms. The second-order valence-corrected chi connectivity index (χ2v) is 3.63. The Morgan fingerprint density at radius 2 is 2.06 bits per heavy atom. The molecule has 0 aliphatic heterocycles. The molecule has 0 unspecified atom stereocenters. The van der Waals surface area contributed by atoms with Crippen LogP contribution in [0.3, 0.4) is 0 Å². The molecule has 2 N–H and O–H groups in total. The van der Waals surface area contributed by atoms with Crippen molar-refractivity contribution in [2.24, 2.45) is 0 Å². The molecule has 0 rings (SSSR count). The Kier molecular flexibility index (Phi) is 6.19. The maximum absolute atomic E-state index is 12.2. The minimum Gasteiger partial charge on any atom is -0.429 e. The number of nitrogens with zero attached hydrogens (tertiary/aromatic N) is 1. The predicted octanol–water partition coefficient (Wildman–Crippen LogP) is 1.44. The van der Waals surface area contributed by atoms with Gasteiger partial charge in [-0.15, -0.1) is 0 Å². The molecule has 0 aromatic heterocycles. The highest BCUT2D eigenvalue weighted by Gasteiger charge is 2.29. The minimum absolute atomic E-state index is 0.414. The lowest BCUT2D eigenvalue weighted by molar-refractivity contribution is -0.122. The van der Waals surface area contributed by atoms with Gasteiger partial charge in [0.15, 0.2) is 0 Å². The van der Waals surface area contributed by atoms with Gasteiger partial charge in [0.1, 0.15) is 5.71 Å². The summed E-state index contributed by atoms with van der Waals surface area (Å²) in [5, 5.41) is 16.7. The normalized spacial score (nSPS) is 11.1. The van der Waals surface area contributed by atoms with Gasteiger partial charge in [-0.05, 0) is 14.0 Å². The number of likely N-dealkylation sites (N-methyl/N-ethyl adjacent to an activating group) is 1. The molecule has 18 heavy (non-hydrogen) atoms. The summed E-state index contributed by atoms with van der Waals surface area (Å²) < 4.78 is 24.5. The van der Waals surface area contributed by atoms with Crippen LogP contribution in [0.15, 0.2) is 36.4 Å². The van der Waals surface area contributed by atoms with Crippen LogP contribution in [0.5, 0.6) is 0 Å². The van der Waals surface area contributed by atoms with Crippen molar-refractivity contribution in [2.45, 2.75) is 13.3 Å². The molecule has 98 valence electrons. The molecule has 0 bridgehead atoms. The standard InChI is InChI=1S/C11H15BF2N2O2/c1-5-6-7(2)12(18)16(4)11(17)8(3)9(15)10(13)14/h5-6,10,15,18H,1,3H2,2,4H3/b7-6+,15-9?. The second kappa shape index (κ2) is 6.85. The Balaban J connectivity index is 4.90. The van der Waals surface area contributed by atoms with Crippen LogP contribution in [-0.2, 0) is 4.79 Å². The number of nitrogens with one attached hydrogen (secondary N) is 1. The van der Waals surface area contributed by atoms with E-state index in [-0.39, 0.29) is 0 Å². The lowest BCUT2D eigenvalue weighted by Gasteiger charge is -2.22. The van der Waals surface area contributed by atoms with Crippen molar-refractivity contribution in [1.29, 1.82) is 5.41 Å². The number of hydrogen-bond acceptors (Lipinski definition) is 3. The average molecular weight is 256 g/mol.